The topological polar surface area (TPSA) is 17.1 Å². The maximum absolute atomic E-state index is 11.3. The van der Waals surface area contributed by atoms with Crippen molar-refractivity contribution in [2.75, 3.05) is 0 Å². The molecule has 1 rings (SSSR count). The molecule has 0 amide bonds. The van der Waals surface area contributed by atoms with Crippen LogP contribution in [0.4, 0.5) is 0 Å². The van der Waals surface area contributed by atoms with Crippen LogP contribution >= 0.6 is 0 Å². The van der Waals surface area contributed by atoms with E-state index in [1.807, 2.05) is 19.1 Å². The lowest BCUT2D eigenvalue weighted by atomic mass is 9.72. The average Bonchev–Trinajstić information content (AvgIpc) is 2.39. The molecule has 0 radical (unpaired) electrons. The zero-order valence-electron chi connectivity index (χ0n) is 14.8. The molecule has 0 saturated carbocycles. The van der Waals surface area contributed by atoms with Gasteiger partial charge in [0.05, 0.1) is 0 Å². The molecule has 0 aromatic rings. The van der Waals surface area contributed by atoms with E-state index in [1.165, 1.54) is 41.6 Å². The van der Waals surface area contributed by atoms with Crippen LogP contribution in [-0.4, -0.2) is 5.78 Å². The molecule has 1 aliphatic rings. The smallest absolute Gasteiger partial charge is 0.155 e. The lowest BCUT2D eigenvalue weighted by molar-refractivity contribution is -0.113. The first kappa shape index (κ1) is 17.7. The Hall–Kier alpha value is -1.37. The summed E-state index contributed by atoms with van der Waals surface area (Å²) < 4.78 is 0. The van der Waals surface area contributed by atoms with Gasteiger partial charge in [0.2, 0.25) is 0 Å². The number of carbonyl (C=O) groups is 1. The lowest BCUT2D eigenvalue weighted by Crippen LogP contribution is -2.19. The van der Waals surface area contributed by atoms with E-state index in [-0.39, 0.29) is 11.2 Å². The summed E-state index contributed by atoms with van der Waals surface area (Å²) in [4.78, 5) is 11.3. The van der Waals surface area contributed by atoms with Crippen molar-refractivity contribution < 1.29 is 4.79 Å². The molecule has 1 aliphatic carbocycles. The summed E-state index contributed by atoms with van der Waals surface area (Å²) in [6.07, 6.45) is 10.1. The van der Waals surface area contributed by atoms with Gasteiger partial charge in [-0.25, -0.2) is 0 Å². The van der Waals surface area contributed by atoms with E-state index in [0.717, 1.165) is 5.57 Å². The van der Waals surface area contributed by atoms with Crippen molar-refractivity contribution in [1.82, 2.24) is 0 Å². The fourth-order valence-corrected chi connectivity index (χ4v) is 2.79. The van der Waals surface area contributed by atoms with Crippen molar-refractivity contribution in [3.05, 3.63) is 46.1 Å². The van der Waals surface area contributed by atoms with Crippen LogP contribution in [0.25, 0.3) is 0 Å². The maximum atomic E-state index is 11.3. The van der Waals surface area contributed by atoms with E-state index in [9.17, 15) is 4.79 Å². The minimum absolute atomic E-state index is 0.132. The highest BCUT2D eigenvalue weighted by Gasteiger charge is 2.26. The quantitative estimate of drug-likeness (QED) is 0.461. The minimum Gasteiger partial charge on any atom is -0.295 e. The van der Waals surface area contributed by atoms with Crippen molar-refractivity contribution in [2.45, 2.75) is 67.7 Å². The Kier molecular flexibility index (Phi) is 5.95. The third-order valence-corrected chi connectivity index (χ3v) is 4.66. The molecule has 0 N–H and O–H groups in total. The van der Waals surface area contributed by atoms with Gasteiger partial charge in [0.1, 0.15) is 0 Å². The Bertz CT molecular complexity index is 536. The van der Waals surface area contributed by atoms with Gasteiger partial charge in [-0.05, 0) is 81.6 Å². The molecule has 0 bridgehead atoms. The van der Waals surface area contributed by atoms with E-state index in [2.05, 4.69) is 40.7 Å². The highest BCUT2D eigenvalue weighted by atomic mass is 16.1. The van der Waals surface area contributed by atoms with Crippen LogP contribution in [0.5, 0.6) is 0 Å². The number of allylic oxidation sites excluding steroid dienone is 8. The molecule has 0 aliphatic heterocycles. The molecule has 21 heavy (non-hydrogen) atoms. The minimum atomic E-state index is 0.132. The molecular formula is C20H30O. The SMILES string of the molecule is CC(=O)/C(C)=C/C=C(C)/C(C)=C/C1=C(C)CCCC1(C)C. The molecular weight excluding hydrogens is 256 g/mol. The fraction of sp³-hybridized carbons (Fsp3) is 0.550. The third kappa shape index (κ3) is 4.84. The van der Waals surface area contributed by atoms with E-state index in [0.29, 0.717) is 0 Å². The standard InChI is InChI=1S/C20H30O/c1-14(10-11-15(2)18(5)21)17(4)13-19-16(3)9-8-12-20(19,6)7/h10-11,13H,8-9,12H2,1-7H3/b14-10+,15-11+,17-13+. The van der Waals surface area contributed by atoms with Gasteiger partial charge in [0.25, 0.3) is 0 Å². The van der Waals surface area contributed by atoms with Crippen LogP contribution < -0.4 is 0 Å². The van der Waals surface area contributed by atoms with Crippen LogP contribution in [0.15, 0.2) is 46.1 Å². The molecule has 1 heteroatoms. The van der Waals surface area contributed by atoms with Gasteiger partial charge >= 0.3 is 0 Å². The van der Waals surface area contributed by atoms with Gasteiger partial charge < -0.3 is 0 Å². The molecule has 0 atom stereocenters. The number of hydrogen-bond donors (Lipinski definition) is 0. The van der Waals surface area contributed by atoms with E-state index >= 15 is 0 Å². The number of carbonyl (C=O) groups excluding carboxylic acids is 1. The monoisotopic (exact) mass is 286 g/mol. The van der Waals surface area contributed by atoms with Crippen LogP contribution in [0.3, 0.4) is 0 Å². The summed E-state index contributed by atoms with van der Waals surface area (Å²) >= 11 is 0. The summed E-state index contributed by atoms with van der Waals surface area (Å²) in [7, 11) is 0. The molecule has 0 fully saturated rings. The van der Waals surface area contributed by atoms with Crippen molar-refractivity contribution in [3.63, 3.8) is 0 Å². The first-order valence-corrected chi connectivity index (χ1v) is 7.90. The maximum Gasteiger partial charge on any atom is 0.155 e. The Morgan fingerprint density at radius 2 is 1.57 bits per heavy atom. The molecule has 0 aromatic carbocycles. The van der Waals surface area contributed by atoms with Crippen molar-refractivity contribution in [3.8, 4) is 0 Å². The second kappa shape index (κ2) is 7.06. The summed E-state index contributed by atoms with van der Waals surface area (Å²) in [6.45, 7) is 14.7. The second-order valence-electron chi connectivity index (χ2n) is 7.01. The Morgan fingerprint density at radius 3 is 2.10 bits per heavy atom. The van der Waals surface area contributed by atoms with Crippen LogP contribution in [0.2, 0.25) is 0 Å². The van der Waals surface area contributed by atoms with Gasteiger partial charge in [-0.15, -0.1) is 0 Å². The second-order valence-corrected chi connectivity index (χ2v) is 7.01. The Morgan fingerprint density at radius 1 is 1.00 bits per heavy atom. The normalized spacial score (nSPS) is 20.8. The summed E-state index contributed by atoms with van der Waals surface area (Å²) in [5, 5.41) is 0. The zero-order valence-corrected chi connectivity index (χ0v) is 14.8. The molecule has 116 valence electrons. The highest BCUT2D eigenvalue weighted by molar-refractivity contribution is 5.92. The lowest BCUT2D eigenvalue weighted by Gasteiger charge is -2.33. The highest BCUT2D eigenvalue weighted by Crippen LogP contribution is 2.41. The van der Waals surface area contributed by atoms with Crippen LogP contribution in [0, 0.1) is 5.41 Å². The first-order valence-electron chi connectivity index (χ1n) is 7.90. The van der Waals surface area contributed by atoms with E-state index < -0.39 is 0 Å². The molecule has 0 saturated heterocycles. The Balaban J connectivity index is 3.07. The van der Waals surface area contributed by atoms with Gasteiger partial charge in [0.15, 0.2) is 5.78 Å². The van der Waals surface area contributed by atoms with Gasteiger partial charge in [0, 0.05) is 0 Å². The predicted octanol–water partition coefficient (Wildman–Crippen LogP) is 5.94. The number of rotatable bonds is 4. The number of hydrogen-bond acceptors (Lipinski definition) is 1. The van der Waals surface area contributed by atoms with Crippen molar-refractivity contribution >= 4 is 5.78 Å². The van der Waals surface area contributed by atoms with Gasteiger partial charge in [-0.3, -0.25) is 4.79 Å². The summed E-state index contributed by atoms with van der Waals surface area (Å²) in [5.41, 5.74) is 6.59. The summed E-state index contributed by atoms with van der Waals surface area (Å²) in [6, 6.07) is 0. The number of Topliss-reactive ketones (excluding diaryl/α,β-unsaturated/α-hetero) is 1. The van der Waals surface area contributed by atoms with Crippen molar-refractivity contribution in [2.24, 2.45) is 5.41 Å². The zero-order chi connectivity index (χ0) is 16.2. The largest absolute Gasteiger partial charge is 0.295 e. The molecule has 0 aromatic heterocycles. The summed E-state index contributed by atoms with van der Waals surface area (Å²) in [5.74, 6) is 0.132. The van der Waals surface area contributed by atoms with Crippen LogP contribution in [-0.2, 0) is 4.79 Å². The average molecular weight is 286 g/mol. The third-order valence-electron chi connectivity index (χ3n) is 4.66. The van der Waals surface area contributed by atoms with Crippen molar-refractivity contribution in [1.29, 1.82) is 0 Å². The molecule has 0 unspecified atom stereocenters. The molecule has 0 heterocycles. The van der Waals surface area contributed by atoms with Gasteiger partial charge in [-0.2, -0.15) is 0 Å². The Labute approximate surface area is 130 Å². The fourth-order valence-electron chi connectivity index (χ4n) is 2.79. The van der Waals surface area contributed by atoms with Gasteiger partial charge in [-0.1, -0.05) is 37.6 Å². The number of ketones is 1. The first-order chi connectivity index (χ1) is 9.65. The van der Waals surface area contributed by atoms with E-state index in [4.69, 9.17) is 0 Å². The van der Waals surface area contributed by atoms with E-state index in [1.54, 1.807) is 6.92 Å². The predicted molar refractivity (Wildman–Crippen MR) is 92.3 cm³/mol. The molecule has 1 nitrogen and oxygen atoms in total. The van der Waals surface area contributed by atoms with Crippen LogP contribution in [0.1, 0.15) is 67.7 Å². The molecule has 0 spiro atoms.